The van der Waals surface area contributed by atoms with Gasteiger partial charge >= 0.3 is 0 Å². The number of benzene rings is 2. The summed E-state index contributed by atoms with van der Waals surface area (Å²) >= 11 is 9.42. The highest BCUT2D eigenvalue weighted by atomic mass is 79.9. The van der Waals surface area contributed by atoms with Crippen molar-refractivity contribution in [1.29, 1.82) is 0 Å². The van der Waals surface area contributed by atoms with Crippen LogP contribution >= 0.6 is 27.5 Å². The zero-order valence-electron chi connectivity index (χ0n) is 10.0. The third-order valence-electron chi connectivity index (χ3n) is 2.83. The van der Waals surface area contributed by atoms with Gasteiger partial charge in [0.15, 0.2) is 0 Å². The second-order valence-electron chi connectivity index (χ2n) is 4.37. The number of rotatable bonds is 3. The largest absolute Gasteiger partial charge is 0.388 e. The lowest BCUT2D eigenvalue weighted by Gasteiger charge is -2.13. The molecule has 1 N–H and O–H groups in total. The van der Waals surface area contributed by atoms with E-state index in [1.807, 2.05) is 49.4 Å². The van der Waals surface area contributed by atoms with E-state index in [0.717, 1.165) is 15.6 Å². The molecule has 0 aliphatic rings. The van der Waals surface area contributed by atoms with Crippen LogP contribution in [0.1, 0.15) is 22.8 Å². The zero-order chi connectivity index (χ0) is 13.1. The average Bonchev–Trinajstić information content (AvgIpc) is 2.28. The summed E-state index contributed by atoms with van der Waals surface area (Å²) in [7, 11) is 0. The number of hydrogen-bond donors (Lipinski definition) is 1. The molecule has 3 heteroatoms. The van der Waals surface area contributed by atoms with Crippen LogP contribution in [0.5, 0.6) is 0 Å². The van der Waals surface area contributed by atoms with Gasteiger partial charge in [-0.05, 0) is 41.8 Å². The van der Waals surface area contributed by atoms with Crippen molar-refractivity contribution in [3.8, 4) is 0 Å². The van der Waals surface area contributed by atoms with Crippen molar-refractivity contribution >= 4 is 27.5 Å². The summed E-state index contributed by atoms with van der Waals surface area (Å²) in [6.45, 7) is 2.03. The Morgan fingerprint density at radius 3 is 2.67 bits per heavy atom. The van der Waals surface area contributed by atoms with Crippen molar-refractivity contribution in [3.05, 3.63) is 68.7 Å². The van der Waals surface area contributed by atoms with E-state index in [4.69, 9.17) is 11.6 Å². The molecule has 0 bridgehead atoms. The lowest BCUT2D eigenvalue weighted by atomic mass is 10.0. The van der Waals surface area contributed by atoms with E-state index in [1.54, 1.807) is 0 Å². The smallest absolute Gasteiger partial charge is 0.0841 e. The van der Waals surface area contributed by atoms with Gasteiger partial charge in [-0.25, -0.2) is 0 Å². The lowest BCUT2D eigenvalue weighted by Crippen LogP contribution is -2.02. The predicted molar refractivity (Wildman–Crippen MR) is 79.0 cm³/mol. The Morgan fingerprint density at radius 1 is 1.22 bits per heavy atom. The van der Waals surface area contributed by atoms with Crippen molar-refractivity contribution in [3.63, 3.8) is 0 Å². The fourth-order valence-corrected chi connectivity index (χ4v) is 2.87. The summed E-state index contributed by atoms with van der Waals surface area (Å²) in [5.74, 6) is 0. The third kappa shape index (κ3) is 3.35. The minimum absolute atomic E-state index is 0.529. The number of aliphatic hydroxyl groups excluding tert-OH is 1. The molecular formula is C15H14BrClO. The van der Waals surface area contributed by atoms with Crippen LogP contribution in [-0.2, 0) is 6.42 Å². The van der Waals surface area contributed by atoms with Crippen LogP contribution in [0.2, 0.25) is 5.02 Å². The highest BCUT2D eigenvalue weighted by molar-refractivity contribution is 9.10. The van der Waals surface area contributed by atoms with Crippen molar-refractivity contribution in [1.82, 2.24) is 0 Å². The Balaban J connectivity index is 2.19. The van der Waals surface area contributed by atoms with Crippen LogP contribution in [-0.4, -0.2) is 5.11 Å². The molecule has 1 nitrogen and oxygen atoms in total. The van der Waals surface area contributed by atoms with Gasteiger partial charge in [0.25, 0.3) is 0 Å². The quantitative estimate of drug-likeness (QED) is 0.868. The van der Waals surface area contributed by atoms with Crippen LogP contribution < -0.4 is 0 Å². The van der Waals surface area contributed by atoms with Crippen LogP contribution in [0.15, 0.2) is 46.9 Å². The summed E-state index contributed by atoms with van der Waals surface area (Å²) in [5, 5.41) is 11.0. The van der Waals surface area contributed by atoms with E-state index in [1.165, 1.54) is 5.56 Å². The summed E-state index contributed by atoms with van der Waals surface area (Å²) in [6, 6.07) is 13.5. The van der Waals surface area contributed by atoms with Crippen molar-refractivity contribution < 1.29 is 5.11 Å². The lowest BCUT2D eigenvalue weighted by molar-refractivity contribution is 0.177. The second-order valence-corrected chi connectivity index (χ2v) is 5.67. The van der Waals surface area contributed by atoms with Gasteiger partial charge in [0, 0.05) is 15.9 Å². The van der Waals surface area contributed by atoms with Gasteiger partial charge in [0.05, 0.1) is 6.10 Å². The van der Waals surface area contributed by atoms with E-state index < -0.39 is 6.10 Å². The molecule has 0 radical (unpaired) electrons. The molecule has 1 unspecified atom stereocenters. The topological polar surface area (TPSA) is 20.2 Å². The Labute approximate surface area is 121 Å². The molecule has 0 amide bonds. The van der Waals surface area contributed by atoms with Gasteiger partial charge < -0.3 is 5.11 Å². The fraction of sp³-hybridized carbons (Fsp3) is 0.200. The van der Waals surface area contributed by atoms with E-state index >= 15 is 0 Å². The second kappa shape index (κ2) is 5.87. The summed E-state index contributed by atoms with van der Waals surface area (Å²) in [4.78, 5) is 0. The number of aliphatic hydroxyl groups is 1. The molecule has 0 saturated heterocycles. The molecule has 18 heavy (non-hydrogen) atoms. The minimum Gasteiger partial charge on any atom is -0.388 e. The van der Waals surface area contributed by atoms with Gasteiger partial charge in [-0.3, -0.25) is 0 Å². The molecule has 94 valence electrons. The molecule has 1 atom stereocenters. The monoisotopic (exact) mass is 324 g/mol. The zero-order valence-corrected chi connectivity index (χ0v) is 12.4. The Hall–Kier alpha value is -0.830. The maximum Gasteiger partial charge on any atom is 0.0841 e. The Morgan fingerprint density at radius 2 is 2.00 bits per heavy atom. The molecule has 0 saturated carbocycles. The maximum absolute atomic E-state index is 10.3. The van der Waals surface area contributed by atoms with E-state index in [-0.39, 0.29) is 0 Å². The minimum atomic E-state index is -0.529. The summed E-state index contributed by atoms with van der Waals surface area (Å²) in [5.41, 5.74) is 3.10. The first-order valence-corrected chi connectivity index (χ1v) is 6.92. The molecule has 2 rings (SSSR count). The highest BCUT2D eigenvalue weighted by Crippen LogP contribution is 2.27. The standard InChI is InChI=1S/C15H14BrClO/c1-10-5-6-13(14(16)7-10)15(18)9-11-3-2-4-12(17)8-11/h2-8,15,18H,9H2,1H3. The molecule has 0 aliphatic heterocycles. The van der Waals surface area contributed by atoms with Crippen LogP contribution in [0.4, 0.5) is 0 Å². The molecule has 0 aliphatic carbocycles. The van der Waals surface area contributed by atoms with E-state index in [2.05, 4.69) is 15.9 Å². The number of halogens is 2. The first kappa shape index (κ1) is 13.6. The maximum atomic E-state index is 10.3. The van der Waals surface area contributed by atoms with Gasteiger partial charge in [-0.1, -0.05) is 51.8 Å². The van der Waals surface area contributed by atoms with Gasteiger partial charge in [0.2, 0.25) is 0 Å². The molecule has 2 aromatic carbocycles. The van der Waals surface area contributed by atoms with Gasteiger partial charge in [-0.15, -0.1) is 0 Å². The predicted octanol–water partition coefficient (Wildman–Crippen LogP) is 4.69. The third-order valence-corrected chi connectivity index (χ3v) is 3.75. The molecule has 0 aromatic heterocycles. The van der Waals surface area contributed by atoms with Gasteiger partial charge in [-0.2, -0.15) is 0 Å². The Kier molecular flexibility index (Phi) is 4.44. The molecule has 0 spiro atoms. The molecule has 0 fully saturated rings. The van der Waals surface area contributed by atoms with E-state index in [9.17, 15) is 5.11 Å². The number of hydrogen-bond acceptors (Lipinski definition) is 1. The van der Waals surface area contributed by atoms with Crippen molar-refractivity contribution in [2.45, 2.75) is 19.4 Å². The highest BCUT2D eigenvalue weighted by Gasteiger charge is 2.12. The van der Waals surface area contributed by atoms with Crippen LogP contribution in [0.25, 0.3) is 0 Å². The molecule has 2 aromatic rings. The van der Waals surface area contributed by atoms with Crippen molar-refractivity contribution in [2.24, 2.45) is 0 Å². The molecule has 0 heterocycles. The first-order chi connectivity index (χ1) is 8.56. The van der Waals surface area contributed by atoms with Crippen molar-refractivity contribution in [2.75, 3.05) is 0 Å². The average molecular weight is 326 g/mol. The van der Waals surface area contributed by atoms with Crippen LogP contribution in [0, 0.1) is 6.92 Å². The normalized spacial score (nSPS) is 12.4. The molecular weight excluding hydrogens is 312 g/mol. The Bertz CT molecular complexity index is 554. The summed E-state index contributed by atoms with van der Waals surface area (Å²) in [6.07, 6.45) is 0.0285. The summed E-state index contributed by atoms with van der Waals surface area (Å²) < 4.78 is 0.942. The van der Waals surface area contributed by atoms with Gasteiger partial charge in [0.1, 0.15) is 0 Å². The number of aryl methyl sites for hydroxylation is 1. The van der Waals surface area contributed by atoms with E-state index in [0.29, 0.717) is 11.4 Å². The fourth-order valence-electron chi connectivity index (χ4n) is 1.90. The van der Waals surface area contributed by atoms with Crippen LogP contribution in [0.3, 0.4) is 0 Å². The first-order valence-electron chi connectivity index (χ1n) is 5.75. The SMILES string of the molecule is Cc1ccc(C(O)Cc2cccc(Cl)c2)c(Br)c1.